The van der Waals surface area contributed by atoms with E-state index in [0.717, 1.165) is 5.76 Å². The van der Waals surface area contributed by atoms with Crippen LogP contribution in [0.3, 0.4) is 0 Å². The van der Waals surface area contributed by atoms with Gasteiger partial charge in [0.15, 0.2) is 0 Å². The number of carbonyl (C=O) groups excluding carboxylic acids is 2. The quantitative estimate of drug-likeness (QED) is 0.825. The fourth-order valence-electron chi connectivity index (χ4n) is 2.10. The van der Waals surface area contributed by atoms with Gasteiger partial charge in [0, 0.05) is 6.54 Å². The summed E-state index contributed by atoms with van der Waals surface area (Å²) in [6.07, 6.45) is 0. The predicted octanol–water partition coefficient (Wildman–Crippen LogP) is 0.190. The molecule has 2 rings (SSSR count). The van der Waals surface area contributed by atoms with Gasteiger partial charge in [0.2, 0.25) is 11.8 Å². The second kappa shape index (κ2) is 5.88. The molecule has 0 spiro atoms. The Hall–Kier alpha value is -1.82. The Labute approximate surface area is 112 Å². The fraction of sp³-hybridized carbons (Fsp3) is 0.538. The van der Waals surface area contributed by atoms with Gasteiger partial charge in [-0.2, -0.15) is 0 Å². The molecule has 1 N–H and O–H groups in total. The molecule has 2 amide bonds. The van der Waals surface area contributed by atoms with Crippen LogP contribution in [0.5, 0.6) is 0 Å². The second-order valence-corrected chi connectivity index (χ2v) is 4.56. The van der Waals surface area contributed by atoms with Crippen LogP contribution in [0.4, 0.5) is 0 Å². The van der Waals surface area contributed by atoms with Gasteiger partial charge in [-0.05, 0) is 26.1 Å². The smallest absolute Gasteiger partial charge is 0.243 e. The van der Waals surface area contributed by atoms with Crippen LogP contribution in [0.15, 0.2) is 16.5 Å². The lowest BCUT2D eigenvalue weighted by molar-refractivity contribution is -0.150. The highest BCUT2D eigenvalue weighted by molar-refractivity contribution is 5.92. The van der Waals surface area contributed by atoms with E-state index >= 15 is 0 Å². The van der Waals surface area contributed by atoms with Crippen molar-refractivity contribution in [3.05, 3.63) is 23.7 Å². The first-order chi connectivity index (χ1) is 9.13. The van der Waals surface area contributed by atoms with Gasteiger partial charge in [0.1, 0.15) is 18.1 Å². The molecule has 0 aromatic carbocycles. The van der Waals surface area contributed by atoms with E-state index in [1.54, 1.807) is 4.90 Å². The molecular formula is C13H19N3O3. The maximum Gasteiger partial charge on any atom is 0.243 e. The third-order valence-electron chi connectivity index (χ3n) is 3.15. The third kappa shape index (κ3) is 3.14. The van der Waals surface area contributed by atoms with Gasteiger partial charge in [0.05, 0.1) is 19.6 Å². The minimum Gasteiger partial charge on any atom is -0.463 e. The number of rotatable bonds is 5. The number of hydrogen-bond acceptors (Lipinski definition) is 4. The summed E-state index contributed by atoms with van der Waals surface area (Å²) >= 11 is 0. The van der Waals surface area contributed by atoms with Crippen molar-refractivity contribution < 1.29 is 14.0 Å². The van der Waals surface area contributed by atoms with Crippen LogP contribution >= 0.6 is 0 Å². The molecule has 1 aromatic heterocycles. The molecule has 0 aliphatic carbocycles. The van der Waals surface area contributed by atoms with Crippen molar-refractivity contribution in [3.63, 3.8) is 0 Å². The zero-order valence-corrected chi connectivity index (χ0v) is 11.3. The molecule has 1 aliphatic heterocycles. The van der Waals surface area contributed by atoms with Crippen molar-refractivity contribution in [1.29, 1.82) is 0 Å². The van der Waals surface area contributed by atoms with Gasteiger partial charge in [-0.3, -0.25) is 9.59 Å². The number of nitrogens with zero attached hydrogens (tertiary/aromatic N) is 2. The van der Waals surface area contributed by atoms with Gasteiger partial charge >= 0.3 is 0 Å². The van der Waals surface area contributed by atoms with Gasteiger partial charge in [0.25, 0.3) is 0 Å². The Bertz CT molecular complexity index is 469. The highest BCUT2D eigenvalue weighted by Gasteiger charge is 2.29. The van der Waals surface area contributed by atoms with Crippen LogP contribution in [0, 0.1) is 0 Å². The molecule has 2 heterocycles. The number of nitrogens with one attached hydrogen (secondary N) is 1. The van der Waals surface area contributed by atoms with Crippen molar-refractivity contribution in [2.24, 2.45) is 0 Å². The molecule has 104 valence electrons. The Balaban J connectivity index is 1.98. The molecule has 0 bridgehead atoms. The summed E-state index contributed by atoms with van der Waals surface area (Å²) in [5, 5.41) is 3.00. The molecule has 0 radical (unpaired) electrons. The van der Waals surface area contributed by atoms with E-state index in [-0.39, 0.29) is 24.9 Å². The highest BCUT2D eigenvalue weighted by Crippen LogP contribution is 2.13. The predicted molar refractivity (Wildman–Crippen MR) is 69.1 cm³/mol. The number of piperazine rings is 1. The topological polar surface area (TPSA) is 65.8 Å². The van der Waals surface area contributed by atoms with E-state index in [0.29, 0.717) is 25.4 Å². The standard InChI is InChI=1S/C13H19N3O3/c1-3-15-8-13(18)16(9-12(15)17)7-11-5-4-10(19-11)6-14-2/h4-5,14H,3,6-9H2,1-2H3. The maximum absolute atomic E-state index is 11.9. The lowest BCUT2D eigenvalue weighted by Crippen LogP contribution is -2.53. The first-order valence-electron chi connectivity index (χ1n) is 6.41. The van der Waals surface area contributed by atoms with Crippen molar-refractivity contribution >= 4 is 11.8 Å². The van der Waals surface area contributed by atoms with Crippen LogP contribution in [-0.4, -0.2) is 48.3 Å². The zero-order valence-electron chi connectivity index (χ0n) is 11.3. The molecular weight excluding hydrogens is 246 g/mol. The normalized spacial score (nSPS) is 16.3. The number of likely N-dealkylation sites (N-methyl/N-ethyl adjacent to an activating group) is 1. The van der Waals surface area contributed by atoms with Gasteiger partial charge in [-0.1, -0.05) is 0 Å². The van der Waals surface area contributed by atoms with Gasteiger partial charge in [-0.25, -0.2) is 0 Å². The SMILES string of the molecule is CCN1CC(=O)N(Cc2ccc(CNC)o2)CC1=O. The summed E-state index contributed by atoms with van der Waals surface area (Å²) in [6, 6.07) is 3.72. The minimum absolute atomic E-state index is 0.0101. The summed E-state index contributed by atoms with van der Waals surface area (Å²) in [5.74, 6) is 1.48. The van der Waals surface area contributed by atoms with Crippen LogP contribution < -0.4 is 5.32 Å². The van der Waals surface area contributed by atoms with Crippen LogP contribution in [-0.2, 0) is 22.7 Å². The molecule has 19 heavy (non-hydrogen) atoms. The van der Waals surface area contributed by atoms with E-state index in [4.69, 9.17) is 4.42 Å². The molecule has 1 aromatic rings. The second-order valence-electron chi connectivity index (χ2n) is 4.56. The Morgan fingerprint density at radius 2 is 1.79 bits per heavy atom. The summed E-state index contributed by atoms with van der Waals surface area (Å²) in [7, 11) is 1.84. The summed E-state index contributed by atoms with van der Waals surface area (Å²) < 4.78 is 5.58. The molecule has 1 saturated heterocycles. The molecule has 0 saturated carbocycles. The molecule has 0 atom stereocenters. The van der Waals surface area contributed by atoms with Crippen molar-refractivity contribution in [2.45, 2.75) is 20.0 Å². The highest BCUT2D eigenvalue weighted by atomic mass is 16.3. The van der Waals surface area contributed by atoms with Crippen LogP contribution in [0.1, 0.15) is 18.4 Å². The van der Waals surface area contributed by atoms with E-state index in [1.807, 2.05) is 26.1 Å². The van der Waals surface area contributed by atoms with Gasteiger partial charge in [-0.15, -0.1) is 0 Å². The molecule has 6 nitrogen and oxygen atoms in total. The van der Waals surface area contributed by atoms with Gasteiger partial charge < -0.3 is 19.5 Å². The average Bonchev–Trinajstić information content (AvgIpc) is 2.81. The summed E-state index contributed by atoms with van der Waals surface area (Å²) in [4.78, 5) is 26.8. The average molecular weight is 265 g/mol. The van der Waals surface area contributed by atoms with E-state index in [1.165, 1.54) is 4.90 Å². The molecule has 1 aliphatic rings. The molecule has 6 heteroatoms. The molecule has 1 fully saturated rings. The Morgan fingerprint density at radius 1 is 1.16 bits per heavy atom. The Morgan fingerprint density at radius 3 is 2.47 bits per heavy atom. The Kier molecular flexibility index (Phi) is 4.21. The molecule has 0 unspecified atom stereocenters. The third-order valence-corrected chi connectivity index (χ3v) is 3.15. The maximum atomic E-state index is 11.9. The zero-order chi connectivity index (χ0) is 13.8. The van der Waals surface area contributed by atoms with Crippen LogP contribution in [0.2, 0.25) is 0 Å². The lowest BCUT2D eigenvalue weighted by Gasteiger charge is -2.32. The lowest BCUT2D eigenvalue weighted by atomic mass is 10.2. The first-order valence-corrected chi connectivity index (χ1v) is 6.41. The largest absolute Gasteiger partial charge is 0.463 e. The van der Waals surface area contributed by atoms with Crippen LogP contribution in [0.25, 0.3) is 0 Å². The van der Waals surface area contributed by atoms with E-state index < -0.39 is 0 Å². The number of furan rings is 1. The number of carbonyl (C=O) groups is 2. The van der Waals surface area contributed by atoms with E-state index in [9.17, 15) is 9.59 Å². The first kappa shape index (κ1) is 13.6. The van der Waals surface area contributed by atoms with Crippen molar-refractivity contribution in [2.75, 3.05) is 26.7 Å². The summed E-state index contributed by atoms with van der Waals surface area (Å²) in [6.45, 7) is 3.75. The van der Waals surface area contributed by atoms with Crippen molar-refractivity contribution in [3.8, 4) is 0 Å². The number of amides is 2. The summed E-state index contributed by atoms with van der Waals surface area (Å²) in [5.41, 5.74) is 0. The minimum atomic E-state index is -0.0342. The fourth-order valence-corrected chi connectivity index (χ4v) is 2.10. The number of hydrogen-bond donors (Lipinski definition) is 1. The van der Waals surface area contributed by atoms with E-state index in [2.05, 4.69) is 5.32 Å². The van der Waals surface area contributed by atoms with Crippen molar-refractivity contribution in [1.82, 2.24) is 15.1 Å². The monoisotopic (exact) mass is 265 g/mol.